The van der Waals surface area contributed by atoms with E-state index >= 15 is 0 Å². The van der Waals surface area contributed by atoms with Gasteiger partial charge in [0.15, 0.2) is 11.5 Å². The van der Waals surface area contributed by atoms with Crippen LogP contribution >= 0.6 is 0 Å². The van der Waals surface area contributed by atoms with Crippen LogP contribution in [-0.4, -0.2) is 14.2 Å². The summed E-state index contributed by atoms with van der Waals surface area (Å²) in [6.45, 7) is 0. The topological polar surface area (TPSA) is 27.7 Å². The van der Waals surface area contributed by atoms with Crippen LogP contribution in [0.4, 0.5) is 0 Å². The van der Waals surface area contributed by atoms with Gasteiger partial charge in [0.05, 0.1) is 14.2 Å². The minimum Gasteiger partial charge on any atom is -0.497 e. The first-order valence-electron chi connectivity index (χ1n) is 5.28. The highest BCUT2D eigenvalue weighted by Crippen LogP contribution is 2.34. The Hall–Kier alpha value is -2.16. The third-order valence-electron chi connectivity index (χ3n) is 2.34. The Labute approximate surface area is 101 Å². The summed E-state index contributed by atoms with van der Waals surface area (Å²) < 4.78 is 16.1. The van der Waals surface area contributed by atoms with Gasteiger partial charge < -0.3 is 14.2 Å². The molecular formula is C14H14O3. The van der Waals surface area contributed by atoms with Gasteiger partial charge in [-0.05, 0) is 24.3 Å². The molecule has 0 aromatic heterocycles. The van der Waals surface area contributed by atoms with E-state index in [9.17, 15) is 0 Å². The minimum absolute atomic E-state index is 0.646. The Kier molecular flexibility index (Phi) is 3.50. The predicted octanol–water partition coefficient (Wildman–Crippen LogP) is 3.50. The predicted molar refractivity (Wildman–Crippen MR) is 66.1 cm³/mol. The summed E-state index contributed by atoms with van der Waals surface area (Å²) in [4.78, 5) is 0. The SMILES string of the molecule is COc1ccc(Oc2ccccc2)c(OC)c1. The normalized spacial score (nSPS) is 9.76. The fraction of sp³-hybridized carbons (Fsp3) is 0.143. The Morgan fingerprint density at radius 1 is 0.706 bits per heavy atom. The van der Waals surface area contributed by atoms with Gasteiger partial charge in [0.2, 0.25) is 0 Å². The molecule has 17 heavy (non-hydrogen) atoms. The lowest BCUT2D eigenvalue weighted by atomic mass is 10.3. The van der Waals surface area contributed by atoms with Crippen LogP contribution in [0.5, 0.6) is 23.0 Å². The molecule has 0 unspecified atom stereocenters. The van der Waals surface area contributed by atoms with Crippen molar-refractivity contribution in [3.05, 3.63) is 48.5 Å². The molecule has 3 nitrogen and oxygen atoms in total. The monoisotopic (exact) mass is 230 g/mol. The van der Waals surface area contributed by atoms with E-state index in [1.54, 1.807) is 20.3 Å². The third-order valence-corrected chi connectivity index (χ3v) is 2.34. The second kappa shape index (κ2) is 5.25. The number of ether oxygens (including phenoxy) is 3. The number of benzene rings is 2. The first kappa shape index (κ1) is 11.3. The molecule has 0 saturated heterocycles. The van der Waals surface area contributed by atoms with Crippen molar-refractivity contribution in [2.45, 2.75) is 0 Å². The van der Waals surface area contributed by atoms with Crippen molar-refractivity contribution in [2.24, 2.45) is 0 Å². The van der Waals surface area contributed by atoms with Gasteiger partial charge in [0.1, 0.15) is 11.5 Å². The fourth-order valence-electron chi connectivity index (χ4n) is 1.47. The molecular weight excluding hydrogens is 216 g/mol. The average Bonchev–Trinajstić information content (AvgIpc) is 2.40. The molecule has 2 aromatic rings. The molecule has 0 amide bonds. The first-order chi connectivity index (χ1) is 8.33. The molecule has 0 heterocycles. The van der Waals surface area contributed by atoms with E-state index in [-0.39, 0.29) is 0 Å². The summed E-state index contributed by atoms with van der Waals surface area (Å²) in [6, 6.07) is 15.0. The highest BCUT2D eigenvalue weighted by Gasteiger charge is 2.06. The Morgan fingerprint density at radius 2 is 1.47 bits per heavy atom. The van der Waals surface area contributed by atoms with Crippen molar-refractivity contribution < 1.29 is 14.2 Å². The fourth-order valence-corrected chi connectivity index (χ4v) is 1.47. The maximum atomic E-state index is 5.72. The summed E-state index contributed by atoms with van der Waals surface area (Å²) in [7, 11) is 3.22. The van der Waals surface area contributed by atoms with Crippen LogP contribution < -0.4 is 14.2 Å². The van der Waals surface area contributed by atoms with E-state index in [2.05, 4.69) is 0 Å². The van der Waals surface area contributed by atoms with E-state index in [0.29, 0.717) is 11.5 Å². The van der Waals surface area contributed by atoms with E-state index in [4.69, 9.17) is 14.2 Å². The van der Waals surface area contributed by atoms with Gasteiger partial charge in [-0.15, -0.1) is 0 Å². The molecule has 0 fully saturated rings. The lowest BCUT2D eigenvalue weighted by Gasteiger charge is -2.11. The summed E-state index contributed by atoms with van der Waals surface area (Å²) in [6.07, 6.45) is 0. The van der Waals surface area contributed by atoms with Crippen molar-refractivity contribution in [1.29, 1.82) is 0 Å². The van der Waals surface area contributed by atoms with Gasteiger partial charge in [-0.1, -0.05) is 18.2 Å². The minimum atomic E-state index is 0.646. The van der Waals surface area contributed by atoms with E-state index in [1.165, 1.54) is 0 Å². The zero-order valence-corrected chi connectivity index (χ0v) is 9.84. The quantitative estimate of drug-likeness (QED) is 0.804. The molecule has 2 rings (SSSR count). The average molecular weight is 230 g/mol. The van der Waals surface area contributed by atoms with Gasteiger partial charge in [-0.2, -0.15) is 0 Å². The molecule has 0 aliphatic rings. The highest BCUT2D eigenvalue weighted by atomic mass is 16.5. The van der Waals surface area contributed by atoms with Gasteiger partial charge in [-0.25, -0.2) is 0 Å². The van der Waals surface area contributed by atoms with Crippen LogP contribution in [0.25, 0.3) is 0 Å². The number of hydrogen-bond donors (Lipinski definition) is 0. The summed E-state index contributed by atoms with van der Waals surface area (Å²) in [5.74, 6) is 2.82. The highest BCUT2D eigenvalue weighted by molar-refractivity contribution is 5.47. The summed E-state index contributed by atoms with van der Waals surface area (Å²) in [5.41, 5.74) is 0. The molecule has 0 spiro atoms. The van der Waals surface area contributed by atoms with E-state index < -0.39 is 0 Å². The van der Waals surface area contributed by atoms with Gasteiger partial charge in [-0.3, -0.25) is 0 Å². The zero-order valence-electron chi connectivity index (χ0n) is 9.84. The van der Waals surface area contributed by atoms with Crippen molar-refractivity contribution in [3.63, 3.8) is 0 Å². The number of para-hydroxylation sites is 1. The smallest absolute Gasteiger partial charge is 0.169 e. The zero-order chi connectivity index (χ0) is 12.1. The molecule has 0 bridgehead atoms. The Balaban J connectivity index is 2.26. The van der Waals surface area contributed by atoms with Crippen LogP contribution in [0.1, 0.15) is 0 Å². The number of methoxy groups -OCH3 is 2. The lowest BCUT2D eigenvalue weighted by molar-refractivity contribution is 0.369. The van der Waals surface area contributed by atoms with Crippen molar-refractivity contribution in [2.75, 3.05) is 14.2 Å². The van der Waals surface area contributed by atoms with Crippen LogP contribution in [0.15, 0.2) is 48.5 Å². The Morgan fingerprint density at radius 3 is 2.12 bits per heavy atom. The molecule has 3 heteroatoms. The molecule has 0 aliphatic carbocycles. The molecule has 0 atom stereocenters. The van der Waals surface area contributed by atoms with Crippen LogP contribution in [0.3, 0.4) is 0 Å². The maximum Gasteiger partial charge on any atom is 0.169 e. The second-order valence-corrected chi connectivity index (χ2v) is 3.43. The third kappa shape index (κ3) is 2.69. The number of rotatable bonds is 4. The molecule has 0 N–H and O–H groups in total. The van der Waals surface area contributed by atoms with E-state index in [0.717, 1.165) is 11.5 Å². The van der Waals surface area contributed by atoms with Crippen LogP contribution in [-0.2, 0) is 0 Å². The number of hydrogen-bond acceptors (Lipinski definition) is 3. The van der Waals surface area contributed by atoms with Gasteiger partial charge in [0.25, 0.3) is 0 Å². The van der Waals surface area contributed by atoms with Gasteiger partial charge in [0, 0.05) is 6.07 Å². The molecule has 0 saturated carbocycles. The van der Waals surface area contributed by atoms with Crippen LogP contribution in [0, 0.1) is 0 Å². The van der Waals surface area contributed by atoms with E-state index in [1.807, 2.05) is 42.5 Å². The molecule has 0 aliphatic heterocycles. The Bertz CT molecular complexity index is 480. The lowest BCUT2D eigenvalue weighted by Crippen LogP contribution is -1.91. The van der Waals surface area contributed by atoms with Crippen LogP contribution in [0.2, 0.25) is 0 Å². The summed E-state index contributed by atoms with van der Waals surface area (Å²) in [5, 5.41) is 0. The molecule has 0 radical (unpaired) electrons. The standard InChI is InChI=1S/C14H14O3/c1-15-12-8-9-13(14(10-12)16-2)17-11-6-4-3-5-7-11/h3-10H,1-2H3. The molecule has 88 valence electrons. The first-order valence-corrected chi connectivity index (χ1v) is 5.28. The van der Waals surface area contributed by atoms with Crippen molar-refractivity contribution >= 4 is 0 Å². The second-order valence-electron chi connectivity index (χ2n) is 3.43. The summed E-state index contributed by atoms with van der Waals surface area (Å²) >= 11 is 0. The van der Waals surface area contributed by atoms with Crippen molar-refractivity contribution in [1.82, 2.24) is 0 Å². The van der Waals surface area contributed by atoms with Crippen molar-refractivity contribution in [3.8, 4) is 23.0 Å². The molecule has 2 aromatic carbocycles. The maximum absolute atomic E-state index is 5.72. The van der Waals surface area contributed by atoms with Gasteiger partial charge >= 0.3 is 0 Å². The largest absolute Gasteiger partial charge is 0.497 e.